The molecule has 4 N–H and O–H groups in total. The summed E-state index contributed by atoms with van der Waals surface area (Å²) in [5.74, 6) is 3.18. The van der Waals surface area contributed by atoms with E-state index in [9.17, 15) is 20.4 Å². The normalized spacial score (nSPS) is 56.3. The van der Waals surface area contributed by atoms with E-state index < -0.39 is 22.7 Å². The van der Waals surface area contributed by atoms with Gasteiger partial charge in [0.15, 0.2) is 0 Å². The molecule has 0 saturated heterocycles. The van der Waals surface area contributed by atoms with Gasteiger partial charge in [-0.15, -0.1) is 0 Å². The molecular weight excluding hydrogens is 412 g/mol. The molecule has 0 bridgehead atoms. The summed E-state index contributed by atoms with van der Waals surface area (Å²) in [7, 11) is 0. The van der Waals surface area contributed by atoms with Crippen LogP contribution in [0.15, 0.2) is 0 Å². The third kappa shape index (κ3) is 3.51. The maximum Gasteiger partial charge on any atom is 0.0760 e. The second kappa shape index (κ2) is 7.92. The Balaban J connectivity index is 1.38. The largest absolute Gasteiger partial charge is 0.393 e. The Hall–Kier alpha value is -0.160. The average molecular weight is 463 g/mol. The summed E-state index contributed by atoms with van der Waals surface area (Å²) >= 11 is 0. The summed E-state index contributed by atoms with van der Waals surface area (Å²) < 4.78 is 0. The molecule has 0 aromatic carbocycles. The van der Waals surface area contributed by atoms with E-state index in [1.807, 2.05) is 6.92 Å². The molecule has 13 atom stereocenters. The molecule has 5 saturated carbocycles. The van der Waals surface area contributed by atoms with E-state index in [1.165, 1.54) is 6.42 Å². The lowest BCUT2D eigenvalue weighted by molar-refractivity contribution is -0.260. The van der Waals surface area contributed by atoms with Gasteiger partial charge in [-0.3, -0.25) is 0 Å². The summed E-state index contributed by atoms with van der Waals surface area (Å²) in [6, 6.07) is 0. The molecule has 4 heteroatoms. The number of aliphatic hydroxyl groups is 4. The number of hydrogen-bond donors (Lipinski definition) is 4. The van der Waals surface area contributed by atoms with Crippen molar-refractivity contribution in [1.82, 2.24) is 0 Å². The average Bonchev–Trinajstić information content (AvgIpc) is 3.40. The Kier molecular flexibility index (Phi) is 5.89. The van der Waals surface area contributed by atoms with Gasteiger partial charge in [0.2, 0.25) is 0 Å². The van der Waals surface area contributed by atoms with Gasteiger partial charge in [0.1, 0.15) is 0 Å². The fraction of sp³-hybridized carbons (Fsp3) is 1.00. The lowest BCUT2D eigenvalue weighted by Gasteiger charge is -2.65. The predicted molar refractivity (Wildman–Crippen MR) is 130 cm³/mol. The van der Waals surface area contributed by atoms with Gasteiger partial charge in [0.05, 0.1) is 23.4 Å². The highest BCUT2D eigenvalue weighted by atomic mass is 16.3. The van der Waals surface area contributed by atoms with E-state index in [-0.39, 0.29) is 23.4 Å². The van der Waals surface area contributed by atoms with E-state index in [4.69, 9.17) is 0 Å². The number of rotatable bonds is 5. The Morgan fingerprint density at radius 2 is 1.67 bits per heavy atom. The van der Waals surface area contributed by atoms with E-state index in [2.05, 4.69) is 27.7 Å². The molecule has 0 aliphatic heterocycles. The van der Waals surface area contributed by atoms with Crippen LogP contribution in [0.2, 0.25) is 0 Å². The van der Waals surface area contributed by atoms with Gasteiger partial charge in [-0.1, -0.05) is 27.7 Å². The first kappa shape index (κ1) is 24.5. The predicted octanol–water partition coefficient (Wildman–Crippen LogP) is 4.92. The molecule has 5 rings (SSSR count). The number of aliphatic hydroxyl groups excluding tert-OH is 2. The van der Waals surface area contributed by atoms with Crippen molar-refractivity contribution in [2.75, 3.05) is 0 Å². The lowest BCUT2D eigenvalue weighted by Crippen LogP contribution is -2.68. The van der Waals surface area contributed by atoms with Crippen molar-refractivity contribution in [3.8, 4) is 0 Å². The Bertz CT molecular complexity index is 752. The van der Waals surface area contributed by atoms with E-state index >= 15 is 0 Å². The summed E-state index contributed by atoms with van der Waals surface area (Å²) in [5, 5.41) is 46.2. The third-order valence-electron chi connectivity index (χ3n) is 12.7. The van der Waals surface area contributed by atoms with Gasteiger partial charge >= 0.3 is 0 Å². The smallest absolute Gasteiger partial charge is 0.0760 e. The van der Waals surface area contributed by atoms with Gasteiger partial charge < -0.3 is 20.4 Å². The Morgan fingerprint density at radius 3 is 2.33 bits per heavy atom. The van der Waals surface area contributed by atoms with Crippen LogP contribution in [0.5, 0.6) is 0 Å². The van der Waals surface area contributed by atoms with Crippen LogP contribution in [0.25, 0.3) is 0 Å². The van der Waals surface area contributed by atoms with Gasteiger partial charge in [-0.2, -0.15) is 0 Å². The Morgan fingerprint density at radius 1 is 0.970 bits per heavy atom. The molecule has 0 radical (unpaired) electrons. The van der Waals surface area contributed by atoms with Crippen molar-refractivity contribution in [3.63, 3.8) is 0 Å². The van der Waals surface area contributed by atoms with Crippen molar-refractivity contribution in [3.05, 3.63) is 0 Å². The van der Waals surface area contributed by atoms with Crippen molar-refractivity contribution in [2.24, 2.45) is 52.3 Å². The van der Waals surface area contributed by atoms with Crippen LogP contribution in [0.3, 0.4) is 0 Å². The Labute approximate surface area is 201 Å². The molecule has 4 nitrogen and oxygen atoms in total. The molecule has 5 aliphatic carbocycles. The molecule has 190 valence electrons. The topological polar surface area (TPSA) is 80.9 Å². The second-order valence-electron chi connectivity index (χ2n) is 14.2. The minimum Gasteiger partial charge on any atom is -0.393 e. The molecular formula is C29H50O4. The van der Waals surface area contributed by atoms with Gasteiger partial charge in [0.25, 0.3) is 0 Å². The minimum absolute atomic E-state index is 0.0755. The fourth-order valence-electron chi connectivity index (χ4n) is 10.2. The molecule has 0 heterocycles. The fourth-order valence-corrected chi connectivity index (χ4v) is 10.2. The zero-order valence-corrected chi connectivity index (χ0v) is 21.8. The monoisotopic (exact) mass is 462 g/mol. The number of fused-ring (bicyclic) bond motifs is 5. The van der Waals surface area contributed by atoms with Crippen LogP contribution in [0.4, 0.5) is 0 Å². The van der Waals surface area contributed by atoms with Crippen LogP contribution in [0, 0.1) is 52.3 Å². The SMILES string of the molecule is CC(CCC(C)(O)C1CCC2(O)C3CCC4CC(O)CCC4(C)C3CC(O)C12C)C1CC1C. The van der Waals surface area contributed by atoms with Crippen LogP contribution in [0.1, 0.15) is 105 Å². The zero-order valence-electron chi connectivity index (χ0n) is 21.8. The van der Waals surface area contributed by atoms with Crippen molar-refractivity contribution < 1.29 is 20.4 Å². The van der Waals surface area contributed by atoms with Crippen molar-refractivity contribution in [1.29, 1.82) is 0 Å². The molecule has 13 unspecified atom stereocenters. The minimum atomic E-state index is -0.912. The van der Waals surface area contributed by atoms with Crippen LogP contribution in [-0.2, 0) is 0 Å². The lowest BCUT2D eigenvalue weighted by atomic mass is 9.42. The van der Waals surface area contributed by atoms with Crippen molar-refractivity contribution >= 4 is 0 Å². The highest BCUT2D eigenvalue weighted by Crippen LogP contribution is 2.70. The summed E-state index contributed by atoms with van der Waals surface area (Å²) in [5.41, 5.74) is -2.34. The van der Waals surface area contributed by atoms with Gasteiger partial charge in [-0.25, -0.2) is 0 Å². The first-order chi connectivity index (χ1) is 15.3. The molecule has 5 aliphatic rings. The maximum absolute atomic E-state index is 12.4. The summed E-state index contributed by atoms with van der Waals surface area (Å²) in [6.07, 6.45) is 9.33. The van der Waals surface area contributed by atoms with Crippen LogP contribution >= 0.6 is 0 Å². The van der Waals surface area contributed by atoms with Crippen molar-refractivity contribution in [2.45, 2.75) is 129 Å². The van der Waals surface area contributed by atoms with Gasteiger partial charge in [0, 0.05) is 5.41 Å². The molecule has 0 amide bonds. The number of hydrogen-bond acceptors (Lipinski definition) is 4. The highest BCUT2D eigenvalue weighted by molar-refractivity contribution is 5.21. The third-order valence-corrected chi connectivity index (χ3v) is 12.7. The first-order valence-electron chi connectivity index (χ1n) is 14.2. The quantitative estimate of drug-likeness (QED) is 0.468. The van der Waals surface area contributed by atoms with Crippen LogP contribution in [-0.4, -0.2) is 43.8 Å². The zero-order chi connectivity index (χ0) is 24.0. The first-order valence-corrected chi connectivity index (χ1v) is 14.2. The van der Waals surface area contributed by atoms with E-state index in [0.717, 1.165) is 69.6 Å². The molecule has 5 fully saturated rings. The maximum atomic E-state index is 12.4. The van der Waals surface area contributed by atoms with Crippen LogP contribution < -0.4 is 0 Å². The summed E-state index contributed by atoms with van der Waals surface area (Å²) in [4.78, 5) is 0. The molecule has 0 aromatic heterocycles. The highest BCUT2D eigenvalue weighted by Gasteiger charge is 2.72. The summed E-state index contributed by atoms with van der Waals surface area (Å²) in [6.45, 7) is 11.1. The standard InChI is InChI=1S/C29H50O4/c1-17(21-14-18(21)2)8-12-27(4,32)24-10-13-29(33)22-7-6-19-15-20(30)9-11-26(19,3)23(22)16-25(31)28(24,29)5/h17-25,30-33H,6-16H2,1-5H3. The van der Waals surface area contributed by atoms with Gasteiger partial charge in [-0.05, 0) is 124 Å². The molecule has 33 heavy (non-hydrogen) atoms. The van der Waals surface area contributed by atoms with E-state index in [0.29, 0.717) is 24.2 Å². The second-order valence-corrected chi connectivity index (χ2v) is 14.2. The van der Waals surface area contributed by atoms with E-state index in [1.54, 1.807) is 0 Å². The molecule has 0 aromatic rings. The molecule has 0 spiro atoms.